The van der Waals surface area contributed by atoms with E-state index in [-0.39, 0.29) is 12.2 Å². The lowest BCUT2D eigenvalue weighted by molar-refractivity contribution is -0.00573. The first kappa shape index (κ1) is 18.4. The van der Waals surface area contributed by atoms with E-state index in [9.17, 15) is 0 Å². The summed E-state index contributed by atoms with van der Waals surface area (Å²) in [4.78, 5) is 11.9. The molecule has 4 aromatic rings. The van der Waals surface area contributed by atoms with Crippen LogP contribution in [0.15, 0.2) is 42.6 Å². The Kier molecular flexibility index (Phi) is 4.45. The molecule has 1 aliphatic rings. The molecular weight excluding hydrogens is 384 g/mol. The van der Waals surface area contributed by atoms with Crippen LogP contribution in [0.25, 0.3) is 27.7 Å². The van der Waals surface area contributed by atoms with Crippen LogP contribution in [0.4, 0.5) is 5.95 Å². The lowest BCUT2D eigenvalue weighted by Gasteiger charge is -2.35. The maximum absolute atomic E-state index is 6.16. The molecule has 1 saturated heterocycles. The lowest BCUT2D eigenvalue weighted by Crippen LogP contribution is -2.46. The van der Waals surface area contributed by atoms with Crippen LogP contribution < -0.4 is 4.90 Å². The number of morpholine rings is 1. The van der Waals surface area contributed by atoms with Crippen LogP contribution in [-0.4, -0.2) is 39.7 Å². The monoisotopic (exact) mass is 405 g/mol. The van der Waals surface area contributed by atoms with Crippen LogP contribution >= 0.6 is 11.6 Å². The number of nitrogens with zero attached hydrogens (tertiary/aromatic N) is 4. The molecule has 1 radical (unpaired) electrons. The van der Waals surface area contributed by atoms with Gasteiger partial charge in [-0.2, -0.15) is 0 Å². The number of imidazole rings is 1. The molecular formula is C23H22ClN4O. The van der Waals surface area contributed by atoms with Crippen molar-refractivity contribution in [3.63, 3.8) is 0 Å². The first-order valence-electron chi connectivity index (χ1n) is 9.85. The van der Waals surface area contributed by atoms with Gasteiger partial charge in [0.1, 0.15) is 0 Å². The summed E-state index contributed by atoms with van der Waals surface area (Å²) in [5, 5.41) is 0.606. The molecule has 2 aromatic carbocycles. The Bertz CT molecular complexity index is 1210. The minimum absolute atomic E-state index is 0.165. The summed E-state index contributed by atoms with van der Waals surface area (Å²) in [6, 6.07) is 15.1. The van der Waals surface area contributed by atoms with E-state index in [0.29, 0.717) is 5.02 Å². The van der Waals surface area contributed by atoms with Crippen molar-refractivity contribution < 1.29 is 4.74 Å². The first-order chi connectivity index (χ1) is 14.0. The van der Waals surface area contributed by atoms with Gasteiger partial charge in [0.05, 0.1) is 40.6 Å². The number of fused-ring (bicyclic) bond motifs is 3. The molecule has 2 aromatic heterocycles. The summed E-state index contributed by atoms with van der Waals surface area (Å²) >= 11 is 6.16. The second-order valence-corrected chi connectivity index (χ2v) is 8.17. The molecule has 6 heteroatoms. The predicted molar refractivity (Wildman–Crippen MR) is 117 cm³/mol. The maximum atomic E-state index is 6.16. The highest BCUT2D eigenvalue weighted by Gasteiger charge is 2.26. The SMILES string of the molecule is Cc1nc(N2C[C@@H](C)O[C@@H](C)C2)n2c1cnc1ccc(-c3cc[c]c(Cl)c3)cc12. The highest BCUT2D eigenvalue weighted by molar-refractivity contribution is 6.30. The van der Waals surface area contributed by atoms with Crippen molar-refractivity contribution in [2.24, 2.45) is 0 Å². The van der Waals surface area contributed by atoms with E-state index < -0.39 is 0 Å². The van der Waals surface area contributed by atoms with Gasteiger partial charge < -0.3 is 9.64 Å². The zero-order chi connectivity index (χ0) is 20.1. The second kappa shape index (κ2) is 7.01. The third kappa shape index (κ3) is 3.24. The predicted octanol–water partition coefficient (Wildman–Crippen LogP) is 4.93. The second-order valence-electron chi connectivity index (χ2n) is 7.77. The van der Waals surface area contributed by atoms with Crippen molar-refractivity contribution in [1.29, 1.82) is 0 Å². The Morgan fingerprint density at radius 2 is 1.83 bits per heavy atom. The van der Waals surface area contributed by atoms with E-state index in [0.717, 1.165) is 52.4 Å². The van der Waals surface area contributed by atoms with Gasteiger partial charge in [-0.15, -0.1) is 0 Å². The van der Waals surface area contributed by atoms with E-state index in [4.69, 9.17) is 21.3 Å². The van der Waals surface area contributed by atoms with Crippen LogP contribution in [0.5, 0.6) is 0 Å². The zero-order valence-corrected chi connectivity index (χ0v) is 17.4. The maximum Gasteiger partial charge on any atom is 0.211 e. The van der Waals surface area contributed by atoms with Crippen LogP contribution in [-0.2, 0) is 4.74 Å². The van der Waals surface area contributed by atoms with Gasteiger partial charge in [0, 0.05) is 24.2 Å². The Morgan fingerprint density at radius 3 is 2.59 bits per heavy atom. The van der Waals surface area contributed by atoms with Gasteiger partial charge in [-0.1, -0.05) is 29.8 Å². The Hall–Kier alpha value is -2.63. The molecule has 29 heavy (non-hydrogen) atoms. The van der Waals surface area contributed by atoms with Crippen molar-refractivity contribution in [3.05, 3.63) is 59.4 Å². The minimum atomic E-state index is 0.165. The molecule has 0 amide bonds. The summed E-state index contributed by atoms with van der Waals surface area (Å²) in [7, 11) is 0. The largest absolute Gasteiger partial charge is 0.372 e. The Morgan fingerprint density at radius 1 is 1.07 bits per heavy atom. The molecule has 0 bridgehead atoms. The van der Waals surface area contributed by atoms with Gasteiger partial charge in [-0.3, -0.25) is 9.38 Å². The smallest absolute Gasteiger partial charge is 0.211 e. The fourth-order valence-electron chi connectivity index (χ4n) is 4.21. The van der Waals surface area contributed by atoms with Crippen LogP contribution in [0.2, 0.25) is 5.02 Å². The topological polar surface area (TPSA) is 42.7 Å². The quantitative estimate of drug-likeness (QED) is 0.474. The third-order valence-corrected chi connectivity index (χ3v) is 5.64. The molecule has 3 heterocycles. The number of rotatable bonds is 2. The van der Waals surface area contributed by atoms with Gasteiger partial charge in [-0.25, -0.2) is 4.98 Å². The van der Waals surface area contributed by atoms with Crippen LogP contribution in [0.1, 0.15) is 19.5 Å². The van der Waals surface area contributed by atoms with Gasteiger partial charge in [-0.05, 0) is 50.1 Å². The van der Waals surface area contributed by atoms with Gasteiger partial charge in [0.25, 0.3) is 0 Å². The molecule has 0 spiro atoms. The number of aromatic nitrogens is 3. The summed E-state index contributed by atoms with van der Waals surface area (Å²) in [5.74, 6) is 0.948. The fourth-order valence-corrected chi connectivity index (χ4v) is 4.39. The van der Waals surface area contributed by atoms with Gasteiger partial charge in [0.15, 0.2) is 0 Å². The molecule has 5 rings (SSSR count). The van der Waals surface area contributed by atoms with Gasteiger partial charge >= 0.3 is 0 Å². The number of ether oxygens (including phenoxy) is 1. The fraction of sp³-hybridized carbons (Fsp3) is 0.304. The molecule has 1 fully saturated rings. The summed E-state index contributed by atoms with van der Waals surface area (Å²) in [6.45, 7) is 7.89. The van der Waals surface area contributed by atoms with Crippen molar-refractivity contribution >= 4 is 34.1 Å². The molecule has 1 aliphatic heterocycles. The highest BCUT2D eigenvalue weighted by Crippen LogP contribution is 2.30. The molecule has 5 nitrogen and oxygen atoms in total. The van der Waals surface area contributed by atoms with E-state index in [1.807, 2.05) is 31.3 Å². The van der Waals surface area contributed by atoms with E-state index in [1.165, 1.54) is 0 Å². The minimum Gasteiger partial charge on any atom is -0.372 e. The normalized spacial score (nSPS) is 19.9. The van der Waals surface area contributed by atoms with Crippen molar-refractivity contribution in [2.75, 3.05) is 18.0 Å². The average molecular weight is 406 g/mol. The van der Waals surface area contributed by atoms with E-state index >= 15 is 0 Å². The molecule has 0 aliphatic carbocycles. The Balaban J connectivity index is 1.73. The Labute approximate surface area is 174 Å². The van der Waals surface area contributed by atoms with Gasteiger partial charge in [0.2, 0.25) is 5.95 Å². The van der Waals surface area contributed by atoms with E-state index in [1.54, 1.807) is 0 Å². The number of hydrogen-bond acceptors (Lipinski definition) is 4. The molecule has 147 valence electrons. The standard InChI is InChI=1S/C23H22ClN4O/c1-14-12-27(13-15(2)29-14)23-26-16(3)22-11-25-20-8-7-18(10-21(20)28(22)23)17-5-4-6-19(24)9-17/h4-5,7-11,14-15H,12-13H2,1-3H3/t14-,15+. The lowest BCUT2D eigenvalue weighted by atomic mass is 10.0. The first-order valence-corrected chi connectivity index (χ1v) is 10.2. The number of halogens is 1. The van der Waals surface area contributed by atoms with Crippen molar-refractivity contribution in [2.45, 2.75) is 33.0 Å². The summed E-state index contributed by atoms with van der Waals surface area (Å²) in [5.41, 5.74) is 6.11. The summed E-state index contributed by atoms with van der Waals surface area (Å²) < 4.78 is 8.15. The molecule has 0 N–H and O–H groups in total. The molecule has 0 unspecified atom stereocenters. The van der Waals surface area contributed by atoms with Crippen molar-refractivity contribution in [3.8, 4) is 11.1 Å². The number of aryl methyl sites for hydroxylation is 1. The zero-order valence-electron chi connectivity index (χ0n) is 16.7. The van der Waals surface area contributed by atoms with Crippen molar-refractivity contribution in [1.82, 2.24) is 14.4 Å². The van der Waals surface area contributed by atoms with Crippen LogP contribution in [0.3, 0.4) is 0 Å². The molecule has 0 saturated carbocycles. The third-order valence-electron chi connectivity index (χ3n) is 5.42. The summed E-state index contributed by atoms with van der Waals surface area (Å²) in [6.07, 6.45) is 2.24. The van der Waals surface area contributed by atoms with E-state index in [2.05, 4.69) is 52.4 Å². The number of hydrogen-bond donors (Lipinski definition) is 0. The molecule has 2 atom stereocenters. The van der Waals surface area contributed by atoms with Crippen LogP contribution in [0, 0.1) is 13.0 Å². The average Bonchev–Trinajstić information content (AvgIpc) is 3.04. The number of anilines is 1. The highest BCUT2D eigenvalue weighted by atomic mass is 35.5. The number of benzene rings is 2.